The molecule has 0 saturated carbocycles. The second-order valence-corrected chi connectivity index (χ2v) is 5.74. The van der Waals surface area contributed by atoms with Crippen molar-refractivity contribution in [3.63, 3.8) is 0 Å². The molecule has 2 nitrogen and oxygen atoms in total. The molecule has 1 atom stereocenters. The molecule has 0 radical (unpaired) electrons. The van der Waals surface area contributed by atoms with Crippen LogP contribution in [0, 0.1) is 0 Å². The topological polar surface area (TPSA) is 29.3 Å². The number of halogens is 1. The molecule has 1 unspecified atom stereocenters. The third kappa shape index (κ3) is 2.70. The van der Waals surface area contributed by atoms with Crippen LogP contribution >= 0.6 is 27.3 Å². The standard InChI is InChI=1S/C13H15BrN2S/c1-16(2)10-5-3-9(4-6-10)13(15)11-7-17-8-12(11)14/h3-8,13H,15H2,1-2H3. The monoisotopic (exact) mass is 310 g/mol. The molecular formula is C13H15BrN2S. The molecule has 0 aliphatic carbocycles. The molecule has 0 saturated heterocycles. The number of anilines is 1. The summed E-state index contributed by atoms with van der Waals surface area (Å²) >= 11 is 5.19. The molecule has 4 heteroatoms. The van der Waals surface area contributed by atoms with Crippen LogP contribution in [0.3, 0.4) is 0 Å². The first-order valence-corrected chi connectivity index (χ1v) is 7.07. The zero-order valence-corrected chi connectivity index (χ0v) is 12.3. The van der Waals surface area contributed by atoms with E-state index in [1.54, 1.807) is 11.3 Å². The molecular weight excluding hydrogens is 296 g/mol. The van der Waals surface area contributed by atoms with E-state index >= 15 is 0 Å². The molecule has 1 aromatic heterocycles. The summed E-state index contributed by atoms with van der Waals surface area (Å²) in [5.41, 5.74) is 9.72. The smallest absolute Gasteiger partial charge is 0.0571 e. The summed E-state index contributed by atoms with van der Waals surface area (Å²) < 4.78 is 1.09. The van der Waals surface area contributed by atoms with Gasteiger partial charge in [0.05, 0.1) is 6.04 Å². The summed E-state index contributed by atoms with van der Waals surface area (Å²) in [6.45, 7) is 0. The van der Waals surface area contributed by atoms with E-state index in [0.29, 0.717) is 0 Å². The van der Waals surface area contributed by atoms with Crippen molar-refractivity contribution in [1.82, 2.24) is 0 Å². The number of rotatable bonds is 3. The highest BCUT2D eigenvalue weighted by molar-refractivity contribution is 9.10. The number of hydrogen-bond acceptors (Lipinski definition) is 3. The van der Waals surface area contributed by atoms with E-state index in [1.807, 2.05) is 14.1 Å². The van der Waals surface area contributed by atoms with Crippen molar-refractivity contribution in [2.75, 3.05) is 19.0 Å². The van der Waals surface area contributed by atoms with E-state index in [0.717, 1.165) is 15.6 Å². The van der Waals surface area contributed by atoms with Crippen molar-refractivity contribution in [2.24, 2.45) is 5.73 Å². The summed E-state index contributed by atoms with van der Waals surface area (Å²) in [4.78, 5) is 2.08. The van der Waals surface area contributed by atoms with Gasteiger partial charge in [-0.2, -0.15) is 11.3 Å². The van der Waals surface area contributed by atoms with Crippen LogP contribution in [-0.4, -0.2) is 14.1 Å². The van der Waals surface area contributed by atoms with Crippen LogP contribution in [0.2, 0.25) is 0 Å². The van der Waals surface area contributed by atoms with Gasteiger partial charge in [-0.1, -0.05) is 12.1 Å². The molecule has 0 aliphatic rings. The normalized spacial score (nSPS) is 12.5. The van der Waals surface area contributed by atoms with Crippen LogP contribution in [0.4, 0.5) is 5.69 Å². The minimum atomic E-state index is -0.0631. The van der Waals surface area contributed by atoms with Crippen molar-refractivity contribution in [3.05, 3.63) is 50.6 Å². The Balaban J connectivity index is 2.26. The highest BCUT2D eigenvalue weighted by atomic mass is 79.9. The summed E-state index contributed by atoms with van der Waals surface area (Å²) in [6.07, 6.45) is 0. The lowest BCUT2D eigenvalue weighted by Crippen LogP contribution is -2.12. The van der Waals surface area contributed by atoms with Crippen LogP contribution in [-0.2, 0) is 0 Å². The molecule has 0 bridgehead atoms. The van der Waals surface area contributed by atoms with Crippen molar-refractivity contribution < 1.29 is 0 Å². The highest BCUT2D eigenvalue weighted by Gasteiger charge is 2.12. The van der Waals surface area contributed by atoms with Crippen LogP contribution in [0.1, 0.15) is 17.2 Å². The van der Waals surface area contributed by atoms with Gasteiger partial charge in [-0.05, 0) is 44.6 Å². The Morgan fingerprint density at radius 3 is 2.29 bits per heavy atom. The lowest BCUT2D eigenvalue weighted by atomic mass is 10.0. The molecule has 1 aromatic carbocycles. The maximum atomic E-state index is 6.25. The van der Waals surface area contributed by atoms with Gasteiger partial charge in [0.2, 0.25) is 0 Å². The van der Waals surface area contributed by atoms with Gasteiger partial charge in [0, 0.05) is 29.6 Å². The first-order chi connectivity index (χ1) is 8.09. The van der Waals surface area contributed by atoms with E-state index in [2.05, 4.69) is 55.9 Å². The first kappa shape index (κ1) is 12.6. The maximum Gasteiger partial charge on any atom is 0.0571 e. The predicted molar refractivity (Wildman–Crippen MR) is 78.8 cm³/mol. The van der Waals surface area contributed by atoms with Gasteiger partial charge in [-0.25, -0.2) is 0 Å². The largest absolute Gasteiger partial charge is 0.378 e. The maximum absolute atomic E-state index is 6.25. The molecule has 90 valence electrons. The Bertz CT molecular complexity index is 490. The van der Waals surface area contributed by atoms with Gasteiger partial charge in [-0.15, -0.1) is 0 Å². The molecule has 0 fully saturated rings. The van der Waals surface area contributed by atoms with E-state index in [1.165, 1.54) is 5.69 Å². The number of nitrogens with two attached hydrogens (primary N) is 1. The van der Waals surface area contributed by atoms with Crippen molar-refractivity contribution in [2.45, 2.75) is 6.04 Å². The minimum Gasteiger partial charge on any atom is -0.378 e. The second-order valence-electron chi connectivity index (χ2n) is 4.14. The summed E-state index contributed by atoms with van der Waals surface area (Å²) in [6, 6.07) is 8.30. The predicted octanol–water partition coefficient (Wildman–Crippen LogP) is 3.62. The van der Waals surface area contributed by atoms with Crippen LogP contribution in [0.5, 0.6) is 0 Å². The molecule has 0 aliphatic heterocycles. The fourth-order valence-electron chi connectivity index (χ4n) is 1.67. The quantitative estimate of drug-likeness (QED) is 0.938. The molecule has 2 N–H and O–H groups in total. The molecule has 2 rings (SSSR count). The Morgan fingerprint density at radius 1 is 1.18 bits per heavy atom. The SMILES string of the molecule is CN(C)c1ccc(C(N)c2cscc2Br)cc1. The number of benzene rings is 1. The van der Waals surface area contributed by atoms with Gasteiger partial charge in [0.1, 0.15) is 0 Å². The fourth-order valence-corrected chi connectivity index (χ4v) is 3.25. The average molecular weight is 311 g/mol. The Labute approximate surface area is 114 Å². The second kappa shape index (κ2) is 5.21. The van der Waals surface area contributed by atoms with Gasteiger partial charge in [0.25, 0.3) is 0 Å². The molecule has 0 spiro atoms. The summed E-state index contributed by atoms with van der Waals surface area (Å²) in [7, 11) is 4.06. The molecule has 17 heavy (non-hydrogen) atoms. The van der Waals surface area contributed by atoms with E-state index in [4.69, 9.17) is 5.73 Å². The highest BCUT2D eigenvalue weighted by Crippen LogP contribution is 2.30. The zero-order chi connectivity index (χ0) is 12.4. The Hall–Kier alpha value is -0.840. The lowest BCUT2D eigenvalue weighted by Gasteiger charge is -2.15. The average Bonchev–Trinajstić information content (AvgIpc) is 2.74. The number of thiophene rings is 1. The van der Waals surface area contributed by atoms with Crippen LogP contribution in [0.25, 0.3) is 0 Å². The van der Waals surface area contributed by atoms with Gasteiger partial charge in [-0.3, -0.25) is 0 Å². The van der Waals surface area contributed by atoms with Gasteiger partial charge >= 0.3 is 0 Å². The summed E-state index contributed by atoms with van der Waals surface area (Å²) in [5, 5.41) is 4.15. The molecule has 1 heterocycles. The Morgan fingerprint density at radius 2 is 1.82 bits per heavy atom. The van der Waals surface area contributed by atoms with Crippen LogP contribution < -0.4 is 10.6 Å². The van der Waals surface area contributed by atoms with Gasteiger partial charge in [0.15, 0.2) is 0 Å². The van der Waals surface area contributed by atoms with Crippen molar-refractivity contribution >= 4 is 33.0 Å². The van der Waals surface area contributed by atoms with E-state index in [9.17, 15) is 0 Å². The van der Waals surface area contributed by atoms with Crippen molar-refractivity contribution in [1.29, 1.82) is 0 Å². The van der Waals surface area contributed by atoms with E-state index in [-0.39, 0.29) is 6.04 Å². The summed E-state index contributed by atoms with van der Waals surface area (Å²) in [5.74, 6) is 0. The third-order valence-electron chi connectivity index (χ3n) is 2.75. The lowest BCUT2D eigenvalue weighted by molar-refractivity contribution is 0.871. The van der Waals surface area contributed by atoms with E-state index < -0.39 is 0 Å². The number of nitrogens with zero attached hydrogens (tertiary/aromatic N) is 1. The van der Waals surface area contributed by atoms with Crippen molar-refractivity contribution in [3.8, 4) is 0 Å². The Kier molecular flexibility index (Phi) is 3.86. The minimum absolute atomic E-state index is 0.0631. The molecule has 0 amide bonds. The third-order valence-corrected chi connectivity index (χ3v) is 4.50. The zero-order valence-electron chi connectivity index (χ0n) is 9.85. The van der Waals surface area contributed by atoms with Crippen LogP contribution in [0.15, 0.2) is 39.5 Å². The first-order valence-electron chi connectivity index (χ1n) is 5.34. The van der Waals surface area contributed by atoms with Gasteiger partial charge < -0.3 is 10.6 Å². The number of hydrogen-bond donors (Lipinski definition) is 1. The molecule has 2 aromatic rings. The fraction of sp³-hybridized carbons (Fsp3) is 0.231.